The van der Waals surface area contributed by atoms with Gasteiger partial charge < -0.3 is 16.8 Å². The minimum atomic E-state index is -2.77. The molecule has 5 N–H and O–H groups in total. The van der Waals surface area contributed by atoms with E-state index in [1.165, 1.54) is 16.8 Å². The first kappa shape index (κ1) is 22.8. The summed E-state index contributed by atoms with van der Waals surface area (Å²) in [5.74, 6) is 0.160. The highest BCUT2D eigenvalue weighted by molar-refractivity contribution is 6.35. The van der Waals surface area contributed by atoms with Crippen LogP contribution in [0.15, 0.2) is 41.5 Å². The van der Waals surface area contributed by atoms with Gasteiger partial charge in [-0.05, 0) is 18.2 Å². The molecule has 0 aliphatic rings. The van der Waals surface area contributed by atoms with Gasteiger partial charge in [-0.3, -0.25) is 14.3 Å². The van der Waals surface area contributed by atoms with E-state index in [-0.39, 0.29) is 63.6 Å². The number of hydrogen-bond acceptors (Lipinski definition) is 9. The molecule has 0 unspecified atom stereocenters. The normalized spacial score (nSPS) is 11.0. The number of benzene rings is 1. The van der Waals surface area contributed by atoms with Gasteiger partial charge in [0, 0.05) is 24.7 Å². The van der Waals surface area contributed by atoms with Gasteiger partial charge in [0.25, 0.3) is 12.0 Å². The average molecular weight is 484 g/mol. The van der Waals surface area contributed by atoms with Gasteiger partial charge in [-0.2, -0.15) is 15.2 Å². The van der Waals surface area contributed by atoms with E-state index in [2.05, 4.69) is 25.3 Å². The highest BCUT2D eigenvalue weighted by Crippen LogP contribution is 2.23. The Morgan fingerprint density at radius 1 is 1.21 bits per heavy atom. The third-order valence-electron chi connectivity index (χ3n) is 4.88. The number of rotatable bonds is 6. The van der Waals surface area contributed by atoms with Crippen molar-refractivity contribution >= 4 is 40.1 Å². The summed E-state index contributed by atoms with van der Waals surface area (Å²) >= 11 is 6.23. The number of fused-ring (bicyclic) bond motifs is 1. The van der Waals surface area contributed by atoms with E-state index in [1.54, 1.807) is 18.2 Å². The molecule has 0 atom stereocenters. The molecule has 0 bridgehead atoms. The fourth-order valence-electron chi connectivity index (χ4n) is 3.38. The number of halogens is 3. The van der Waals surface area contributed by atoms with Crippen molar-refractivity contribution in [2.75, 3.05) is 23.3 Å². The van der Waals surface area contributed by atoms with Crippen molar-refractivity contribution in [1.82, 2.24) is 24.5 Å². The van der Waals surface area contributed by atoms with E-state index >= 15 is 0 Å². The summed E-state index contributed by atoms with van der Waals surface area (Å²) < 4.78 is 27.7. The van der Waals surface area contributed by atoms with E-state index in [9.17, 15) is 18.8 Å². The maximum Gasteiger partial charge on any atom is 0.267 e. The Balaban J connectivity index is 1.78. The van der Waals surface area contributed by atoms with Crippen LogP contribution < -0.4 is 22.3 Å². The molecule has 1 aromatic carbocycles. The van der Waals surface area contributed by atoms with Gasteiger partial charge in [-0.15, -0.1) is 0 Å². The third-order valence-corrected chi connectivity index (χ3v) is 5.19. The van der Waals surface area contributed by atoms with Crippen molar-refractivity contribution in [2.24, 2.45) is 0 Å². The molecule has 4 aromatic rings. The molecule has 0 saturated carbocycles. The monoisotopic (exact) mass is 483 g/mol. The average Bonchev–Trinajstić information content (AvgIpc) is 2.79. The standard InChI is InChI=1S/C21H16ClF2N9O/c22-13-2-1-3-14-16(13)20(34)33(11-6-10(17(23)24)8-28-9-11)15(30-14)4-5-29-19-12(7-25)18(26)31-21(27)32-19/h1-3,6,8-9,17H,4-5H2,(H5,26,27,29,31,32). The SMILES string of the molecule is N#Cc1c(N)nc(N)nc1NCCc1nc2cccc(Cl)c2c(=O)n1-c1cncc(C(F)F)c1. The zero-order valence-corrected chi connectivity index (χ0v) is 18.1. The summed E-state index contributed by atoms with van der Waals surface area (Å²) in [5, 5.41) is 12.6. The number of nitrogens with zero attached hydrogens (tertiary/aromatic N) is 6. The summed E-state index contributed by atoms with van der Waals surface area (Å²) in [4.78, 5) is 29.5. The molecule has 0 saturated heterocycles. The Morgan fingerprint density at radius 2 is 2.00 bits per heavy atom. The Hall–Kier alpha value is -4.37. The lowest BCUT2D eigenvalue weighted by atomic mass is 10.2. The van der Waals surface area contributed by atoms with Gasteiger partial charge in [-0.1, -0.05) is 17.7 Å². The number of anilines is 3. The summed E-state index contributed by atoms with van der Waals surface area (Å²) in [6.07, 6.45) is -0.336. The Labute approximate surface area is 195 Å². The highest BCUT2D eigenvalue weighted by Gasteiger charge is 2.18. The van der Waals surface area contributed by atoms with Crippen molar-refractivity contribution < 1.29 is 8.78 Å². The first-order valence-electron chi connectivity index (χ1n) is 9.80. The predicted molar refractivity (Wildman–Crippen MR) is 123 cm³/mol. The second-order valence-corrected chi connectivity index (χ2v) is 7.47. The Bertz CT molecular complexity index is 1500. The second kappa shape index (κ2) is 9.24. The second-order valence-electron chi connectivity index (χ2n) is 7.06. The first-order chi connectivity index (χ1) is 16.3. The van der Waals surface area contributed by atoms with Crippen LogP contribution in [0.3, 0.4) is 0 Å². The van der Waals surface area contributed by atoms with Crippen LogP contribution in [0.25, 0.3) is 16.6 Å². The molecule has 172 valence electrons. The molecule has 0 amide bonds. The summed E-state index contributed by atoms with van der Waals surface area (Å²) in [6.45, 7) is 0.144. The topological polar surface area (TPSA) is 161 Å². The van der Waals surface area contributed by atoms with Crippen LogP contribution >= 0.6 is 11.6 Å². The maximum absolute atomic E-state index is 13.4. The molecule has 0 aliphatic carbocycles. The van der Waals surface area contributed by atoms with Gasteiger partial charge in [0.15, 0.2) is 5.82 Å². The maximum atomic E-state index is 13.4. The van der Waals surface area contributed by atoms with Gasteiger partial charge in [0.1, 0.15) is 23.3 Å². The quantitative estimate of drug-likeness (QED) is 0.374. The molecule has 0 radical (unpaired) electrons. The number of nitriles is 1. The summed E-state index contributed by atoms with van der Waals surface area (Å²) in [6, 6.07) is 7.88. The lowest BCUT2D eigenvalue weighted by molar-refractivity contribution is 0.151. The zero-order chi connectivity index (χ0) is 24.4. The number of hydrogen-bond donors (Lipinski definition) is 3. The molecule has 0 aliphatic heterocycles. The number of pyridine rings is 1. The number of alkyl halides is 2. The molecular weight excluding hydrogens is 468 g/mol. The fourth-order valence-corrected chi connectivity index (χ4v) is 3.63. The van der Waals surface area contributed by atoms with Crippen LogP contribution in [0.4, 0.5) is 26.4 Å². The van der Waals surface area contributed by atoms with Crippen molar-refractivity contribution in [3.8, 4) is 11.8 Å². The van der Waals surface area contributed by atoms with Crippen LogP contribution in [0.1, 0.15) is 23.4 Å². The number of aromatic nitrogens is 5. The van der Waals surface area contributed by atoms with Gasteiger partial charge in [0.2, 0.25) is 5.95 Å². The number of nitrogen functional groups attached to an aromatic ring is 2. The predicted octanol–water partition coefficient (Wildman–Crippen LogP) is 2.85. The molecule has 3 heterocycles. The zero-order valence-electron chi connectivity index (χ0n) is 17.3. The molecule has 10 nitrogen and oxygen atoms in total. The summed E-state index contributed by atoms with van der Waals surface area (Å²) in [5.41, 5.74) is 10.9. The van der Waals surface area contributed by atoms with Crippen LogP contribution in [0.2, 0.25) is 5.02 Å². The van der Waals surface area contributed by atoms with Crippen LogP contribution in [0, 0.1) is 11.3 Å². The molecular formula is C21H16ClF2N9O. The minimum Gasteiger partial charge on any atom is -0.382 e. The van der Waals surface area contributed by atoms with E-state index in [4.69, 9.17) is 23.1 Å². The van der Waals surface area contributed by atoms with Gasteiger partial charge in [0.05, 0.1) is 27.8 Å². The third kappa shape index (κ3) is 4.28. The van der Waals surface area contributed by atoms with E-state index in [1.807, 2.05) is 6.07 Å². The lowest BCUT2D eigenvalue weighted by Crippen LogP contribution is -2.26. The largest absolute Gasteiger partial charge is 0.382 e. The molecule has 0 spiro atoms. The van der Waals surface area contributed by atoms with E-state index in [0.29, 0.717) is 5.52 Å². The summed E-state index contributed by atoms with van der Waals surface area (Å²) in [7, 11) is 0. The van der Waals surface area contributed by atoms with E-state index in [0.717, 1.165) is 6.20 Å². The molecule has 3 aromatic heterocycles. The fraction of sp³-hybridized carbons (Fsp3) is 0.143. The van der Waals surface area contributed by atoms with Crippen LogP contribution in [-0.2, 0) is 6.42 Å². The number of nitrogens with one attached hydrogen (secondary N) is 1. The highest BCUT2D eigenvalue weighted by atomic mass is 35.5. The van der Waals surface area contributed by atoms with Gasteiger partial charge >= 0.3 is 0 Å². The smallest absolute Gasteiger partial charge is 0.267 e. The van der Waals surface area contributed by atoms with Gasteiger partial charge in [-0.25, -0.2) is 13.8 Å². The lowest BCUT2D eigenvalue weighted by Gasteiger charge is -2.15. The molecule has 34 heavy (non-hydrogen) atoms. The first-order valence-corrected chi connectivity index (χ1v) is 10.2. The Morgan fingerprint density at radius 3 is 2.74 bits per heavy atom. The van der Waals surface area contributed by atoms with Crippen LogP contribution in [-0.4, -0.2) is 31.0 Å². The molecule has 13 heteroatoms. The van der Waals surface area contributed by atoms with Crippen LogP contribution in [0.5, 0.6) is 0 Å². The molecule has 0 fully saturated rings. The molecule has 4 rings (SSSR count). The van der Waals surface area contributed by atoms with Crippen molar-refractivity contribution in [3.05, 3.63) is 69.0 Å². The minimum absolute atomic E-state index is 0.0127. The van der Waals surface area contributed by atoms with Crippen molar-refractivity contribution in [2.45, 2.75) is 12.8 Å². The van der Waals surface area contributed by atoms with E-state index < -0.39 is 12.0 Å². The Kier molecular flexibility index (Phi) is 6.20. The van der Waals surface area contributed by atoms with Crippen molar-refractivity contribution in [1.29, 1.82) is 5.26 Å². The number of nitrogens with two attached hydrogens (primary N) is 2. The van der Waals surface area contributed by atoms with Crippen molar-refractivity contribution in [3.63, 3.8) is 0 Å².